The van der Waals surface area contributed by atoms with Crippen molar-refractivity contribution >= 4 is 16.7 Å². The minimum absolute atomic E-state index is 0.0713. The molecule has 2 N–H and O–H groups in total. The molecule has 2 heterocycles. The van der Waals surface area contributed by atoms with E-state index < -0.39 is 5.56 Å². The van der Waals surface area contributed by atoms with Crippen LogP contribution < -0.4 is 5.56 Å². The number of Topliss-reactive ketones (excluding diaryl/α,β-unsaturated/α-hetero) is 1. The van der Waals surface area contributed by atoms with Gasteiger partial charge in [0.2, 0.25) is 0 Å². The molecule has 2 aromatic rings. The molecule has 88 valence electrons. The molecule has 0 saturated carbocycles. The normalized spacial score (nSPS) is 10.8. The van der Waals surface area contributed by atoms with Crippen LogP contribution in [-0.2, 0) is 0 Å². The Labute approximate surface area is 97.1 Å². The maximum Gasteiger partial charge on any atom is 0.275 e. The molecule has 0 bridgehead atoms. The molecule has 0 aliphatic carbocycles. The third kappa shape index (κ3) is 1.60. The van der Waals surface area contributed by atoms with Gasteiger partial charge in [0, 0.05) is 13.1 Å². The molecule has 5 heteroatoms. The van der Waals surface area contributed by atoms with Gasteiger partial charge in [-0.3, -0.25) is 9.59 Å². The summed E-state index contributed by atoms with van der Waals surface area (Å²) in [6, 6.07) is 0. The van der Waals surface area contributed by atoms with Gasteiger partial charge in [-0.1, -0.05) is 0 Å². The van der Waals surface area contributed by atoms with Crippen molar-refractivity contribution < 1.29 is 9.90 Å². The second kappa shape index (κ2) is 3.69. The number of aromatic nitrogens is 2. The number of nitrogens with one attached hydrogen (secondary N) is 1. The molecule has 0 atom stereocenters. The number of aromatic hydroxyl groups is 1. The standard InChI is InChI=1S/C12H12N2O3/c1-5-4-13-10-8(6(5)2)11(16)9(7(3)15)14-12(10)17/h4,16H,1-3H3,(H,14,17). The Morgan fingerprint density at radius 2 is 2.06 bits per heavy atom. The first-order valence-electron chi connectivity index (χ1n) is 5.15. The lowest BCUT2D eigenvalue weighted by molar-refractivity contribution is 0.101. The van der Waals surface area contributed by atoms with Gasteiger partial charge in [-0.15, -0.1) is 0 Å². The van der Waals surface area contributed by atoms with Crippen molar-refractivity contribution in [1.82, 2.24) is 9.97 Å². The van der Waals surface area contributed by atoms with Crippen molar-refractivity contribution in [2.24, 2.45) is 0 Å². The molecule has 5 nitrogen and oxygen atoms in total. The number of fused-ring (bicyclic) bond motifs is 1. The van der Waals surface area contributed by atoms with Crippen LogP contribution in [0.25, 0.3) is 10.9 Å². The number of rotatable bonds is 1. The van der Waals surface area contributed by atoms with Crippen LogP contribution in [0, 0.1) is 13.8 Å². The van der Waals surface area contributed by atoms with Gasteiger partial charge < -0.3 is 10.1 Å². The van der Waals surface area contributed by atoms with Crippen LogP contribution in [0.15, 0.2) is 11.0 Å². The lowest BCUT2D eigenvalue weighted by Crippen LogP contribution is -2.14. The summed E-state index contributed by atoms with van der Waals surface area (Å²) in [4.78, 5) is 29.4. The van der Waals surface area contributed by atoms with Crippen LogP contribution in [0.1, 0.15) is 28.5 Å². The summed E-state index contributed by atoms with van der Waals surface area (Å²) in [6.45, 7) is 4.90. The monoisotopic (exact) mass is 232 g/mol. The SMILES string of the molecule is CC(=O)c1[nH]c(=O)c2ncc(C)c(C)c2c1O. The van der Waals surface area contributed by atoms with Gasteiger partial charge in [-0.05, 0) is 25.0 Å². The van der Waals surface area contributed by atoms with Crippen LogP contribution in [-0.4, -0.2) is 20.9 Å². The third-order valence-electron chi connectivity index (χ3n) is 2.87. The number of ketones is 1. The second-order valence-corrected chi connectivity index (χ2v) is 4.02. The molecule has 0 amide bonds. The number of carbonyl (C=O) groups excluding carboxylic acids is 1. The van der Waals surface area contributed by atoms with Gasteiger partial charge in [-0.25, -0.2) is 4.98 Å². The minimum Gasteiger partial charge on any atom is -0.505 e. The predicted molar refractivity (Wildman–Crippen MR) is 63.5 cm³/mol. The lowest BCUT2D eigenvalue weighted by atomic mass is 10.0. The number of H-pyrrole nitrogens is 1. The van der Waals surface area contributed by atoms with Crippen LogP contribution >= 0.6 is 0 Å². The quantitative estimate of drug-likeness (QED) is 0.729. The van der Waals surface area contributed by atoms with Crippen molar-refractivity contribution in [1.29, 1.82) is 0 Å². The fourth-order valence-electron chi connectivity index (χ4n) is 1.77. The number of hydrogen-bond donors (Lipinski definition) is 2. The van der Waals surface area contributed by atoms with Crippen molar-refractivity contribution in [2.45, 2.75) is 20.8 Å². The number of aromatic amines is 1. The highest BCUT2D eigenvalue weighted by Gasteiger charge is 2.16. The number of pyridine rings is 2. The largest absolute Gasteiger partial charge is 0.505 e. The summed E-state index contributed by atoms with van der Waals surface area (Å²) in [5.74, 6) is -0.594. The molecule has 17 heavy (non-hydrogen) atoms. The fraction of sp³-hybridized carbons (Fsp3) is 0.250. The zero-order chi connectivity index (χ0) is 12.7. The van der Waals surface area contributed by atoms with Crippen molar-refractivity contribution in [3.05, 3.63) is 33.4 Å². The van der Waals surface area contributed by atoms with E-state index in [1.807, 2.05) is 6.92 Å². The molecular weight excluding hydrogens is 220 g/mol. The predicted octanol–water partition coefficient (Wildman–Crippen LogP) is 1.45. The van der Waals surface area contributed by atoms with E-state index >= 15 is 0 Å². The molecule has 0 fully saturated rings. The maximum absolute atomic E-state index is 11.7. The van der Waals surface area contributed by atoms with E-state index in [4.69, 9.17) is 0 Å². The van der Waals surface area contributed by atoms with E-state index in [2.05, 4.69) is 9.97 Å². The Morgan fingerprint density at radius 3 is 2.65 bits per heavy atom. The van der Waals surface area contributed by atoms with E-state index in [0.29, 0.717) is 5.39 Å². The smallest absolute Gasteiger partial charge is 0.275 e. The fourth-order valence-corrected chi connectivity index (χ4v) is 1.77. The van der Waals surface area contributed by atoms with E-state index in [0.717, 1.165) is 11.1 Å². The maximum atomic E-state index is 11.7. The Balaban J connectivity index is 3.06. The van der Waals surface area contributed by atoms with Gasteiger partial charge in [0.15, 0.2) is 11.5 Å². The van der Waals surface area contributed by atoms with Crippen LogP contribution in [0.2, 0.25) is 0 Å². The molecule has 0 saturated heterocycles. The number of carbonyl (C=O) groups is 1. The van der Waals surface area contributed by atoms with Gasteiger partial charge in [0.1, 0.15) is 11.2 Å². The molecule has 2 rings (SSSR count). The molecule has 0 radical (unpaired) electrons. The van der Waals surface area contributed by atoms with Gasteiger partial charge in [0.05, 0.1) is 5.39 Å². The Bertz CT molecular complexity index is 686. The third-order valence-corrected chi connectivity index (χ3v) is 2.87. The van der Waals surface area contributed by atoms with Crippen molar-refractivity contribution in [3.63, 3.8) is 0 Å². The average molecular weight is 232 g/mol. The van der Waals surface area contributed by atoms with Crippen LogP contribution in [0.4, 0.5) is 0 Å². The summed E-state index contributed by atoms with van der Waals surface area (Å²) in [5, 5.41) is 10.4. The number of hydrogen-bond acceptors (Lipinski definition) is 4. The number of nitrogens with zero attached hydrogens (tertiary/aromatic N) is 1. The van der Waals surface area contributed by atoms with E-state index in [1.54, 1.807) is 13.1 Å². The summed E-state index contributed by atoms with van der Waals surface area (Å²) in [7, 11) is 0. The molecule has 0 unspecified atom stereocenters. The van der Waals surface area contributed by atoms with Gasteiger partial charge in [0.25, 0.3) is 5.56 Å². The number of aryl methyl sites for hydroxylation is 2. The highest BCUT2D eigenvalue weighted by atomic mass is 16.3. The first-order valence-corrected chi connectivity index (χ1v) is 5.15. The molecule has 2 aromatic heterocycles. The second-order valence-electron chi connectivity index (χ2n) is 4.02. The van der Waals surface area contributed by atoms with Crippen LogP contribution in [0.5, 0.6) is 5.75 Å². The van der Waals surface area contributed by atoms with E-state index in [1.165, 1.54) is 6.92 Å². The molecule has 0 aromatic carbocycles. The Hall–Kier alpha value is -2.17. The summed E-state index contributed by atoms with van der Waals surface area (Å²) in [5.41, 5.74) is 1.22. The first kappa shape index (κ1) is 11.3. The zero-order valence-electron chi connectivity index (χ0n) is 9.79. The molecule has 0 spiro atoms. The average Bonchev–Trinajstić information content (AvgIpc) is 2.26. The molecule has 0 aliphatic rings. The molecular formula is C12H12N2O3. The first-order chi connectivity index (χ1) is 7.93. The van der Waals surface area contributed by atoms with Crippen LogP contribution in [0.3, 0.4) is 0 Å². The summed E-state index contributed by atoms with van der Waals surface area (Å²) < 4.78 is 0. The van der Waals surface area contributed by atoms with E-state index in [-0.39, 0.29) is 22.7 Å². The Kier molecular flexibility index (Phi) is 2.46. The summed E-state index contributed by atoms with van der Waals surface area (Å²) >= 11 is 0. The van der Waals surface area contributed by atoms with Crippen molar-refractivity contribution in [2.75, 3.05) is 0 Å². The highest BCUT2D eigenvalue weighted by molar-refractivity contribution is 6.01. The lowest BCUT2D eigenvalue weighted by Gasteiger charge is -2.08. The topological polar surface area (TPSA) is 83.0 Å². The van der Waals surface area contributed by atoms with Gasteiger partial charge in [-0.2, -0.15) is 0 Å². The minimum atomic E-state index is -0.467. The Morgan fingerprint density at radius 1 is 1.41 bits per heavy atom. The van der Waals surface area contributed by atoms with Gasteiger partial charge >= 0.3 is 0 Å². The highest BCUT2D eigenvalue weighted by Crippen LogP contribution is 2.28. The van der Waals surface area contributed by atoms with Crippen molar-refractivity contribution in [3.8, 4) is 5.75 Å². The van der Waals surface area contributed by atoms with E-state index in [9.17, 15) is 14.7 Å². The zero-order valence-corrected chi connectivity index (χ0v) is 9.79. The molecule has 0 aliphatic heterocycles. The summed E-state index contributed by atoms with van der Waals surface area (Å²) in [6.07, 6.45) is 1.57.